The highest BCUT2D eigenvalue weighted by Gasteiger charge is 2.33. The summed E-state index contributed by atoms with van der Waals surface area (Å²) in [5, 5.41) is 0. The van der Waals surface area contributed by atoms with Crippen molar-refractivity contribution in [2.45, 2.75) is 33.0 Å². The molecular weight excluding hydrogens is 243 g/mol. The van der Waals surface area contributed by atoms with E-state index in [4.69, 9.17) is 10.5 Å². The molecule has 0 heterocycles. The first-order valence-corrected chi connectivity index (χ1v) is 5.58. The first-order valence-electron chi connectivity index (χ1n) is 5.58. The molecule has 1 aromatic carbocycles. The van der Waals surface area contributed by atoms with Crippen LogP contribution in [0.15, 0.2) is 18.2 Å². The molecule has 2 nitrogen and oxygen atoms in total. The third-order valence-corrected chi connectivity index (χ3v) is 2.83. The lowest BCUT2D eigenvalue weighted by molar-refractivity contribution is -0.137. The second-order valence-corrected chi connectivity index (χ2v) is 5.30. The summed E-state index contributed by atoms with van der Waals surface area (Å²) in [5.74, 6) is 0.173. The third kappa shape index (κ3) is 3.16. The minimum atomic E-state index is -4.38. The van der Waals surface area contributed by atoms with Gasteiger partial charge in [-0.3, -0.25) is 0 Å². The van der Waals surface area contributed by atoms with Crippen LogP contribution < -0.4 is 10.5 Å². The SMILES string of the molecule is COc1cc(C(F)(F)F)ccc1[C@@H](N)C(C)(C)C. The highest BCUT2D eigenvalue weighted by atomic mass is 19.4. The zero-order chi connectivity index (χ0) is 14.1. The Morgan fingerprint density at radius 2 is 1.72 bits per heavy atom. The van der Waals surface area contributed by atoms with Crippen LogP contribution in [0.25, 0.3) is 0 Å². The summed E-state index contributed by atoms with van der Waals surface area (Å²) in [6.07, 6.45) is -4.38. The van der Waals surface area contributed by atoms with Gasteiger partial charge in [0, 0.05) is 11.6 Å². The van der Waals surface area contributed by atoms with Crippen LogP contribution in [0.1, 0.15) is 37.9 Å². The van der Waals surface area contributed by atoms with Crippen molar-refractivity contribution >= 4 is 0 Å². The average Bonchev–Trinajstić information content (AvgIpc) is 2.24. The molecule has 2 N–H and O–H groups in total. The lowest BCUT2D eigenvalue weighted by Gasteiger charge is -2.29. The molecule has 0 amide bonds. The minimum Gasteiger partial charge on any atom is -0.496 e. The molecule has 0 saturated heterocycles. The van der Waals surface area contributed by atoms with E-state index in [-0.39, 0.29) is 11.2 Å². The van der Waals surface area contributed by atoms with Crippen LogP contribution in [0.3, 0.4) is 0 Å². The van der Waals surface area contributed by atoms with Gasteiger partial charge in [0.25, 0.3) is 0 Å². The standard InChI is InChI=1S/C13H18F3NO/c1-12(2,3)11(17)9-6-5-8(13(14,15)16)7-10(9)18-4/h5-7,11H,17H2,1-4H3/t11-/m1/s1. The third-order valence-electron chi connectivity index (χ3n) is 2.83. The molecule has 5 heteroatoms. The van der Waals surface area contributed by atoms with Gasteiger partial charge in [0.2, 0.25) is 0 Å². The van der Waals surface area contributed by atoms with Crippen molar-refractivity contribution in [1.82, 2.24) is 0 Å². The molecule has 0 fully saturated rings. The van der Waals surface area contributed by atoms with Gasteiger partial charge in [0.15, 0.2) is 0 Å². The monoisotopic (exact) mass is 261 g/mol. The summed E-state index contributed by atoms with van der Waals surface area (Å²) < 4.78 is 42.8. The first-order chi connectivity index (χ1) is 8.07. The number of methoxy groups -OCH3 is 1. The fourth-order valence-corrected chi connectivity index (χ4v) is 1.61. The maximum atomic E-state index is 12.6. The van der Waals surface area contributed by atoms with E-state index in [1.165, 1.54) is 13.2 Å². The van der Waals surface area contributed by atoms with Crippen molar-refractivity contribution in [1.29, 1.82) is 0 Å². The summed E-state index contributed by atoms with van der Waals surface area (Å²) in [6.45, 7) is 5.78. The smallest absolute Gasteiger partial charge is 0.416 e. The molecular formula is C13H18F3NO. The van der Waals surface area contributed by atoms with Gasteiger partial charge in [-0.15, -0.1) is 0 Å². The number of alkyl halides is 3. The molecule has 0 bridgehead atoms. The second kappa shape index (κ2) is 4.80. The Hall–Kier alpha value is -1.23. The minimum absolute atomic E-state index is 0.173. The van der Waals surface area contributed by atoms with Crippen molar-refractivity contribution in [3.05, 3.63) is 29.3 Å². The Kier molecular flexibility index (Phi) is 3.96. The average molecular weight is 261 g/mol. The van der Waals surface area contributed by atoms with Crippen LogP contribution in [-0.2, 0) is 6.18 Å². The van der Waals surface area contributed by atoms with Gasteiger partial charge in [-0.2, -0.15) is 13.2 Å². The molecule has 0 aliphatic heterocycles. The Bertz CT molecular complexity index is 421. The lowest BCUT2D eigenvalue weighted by Crippen LogP contribution is -2.26. The molecule has 1 aromatic rings. The summed E-state index contributed by atoms with van der Waals surface area (Å²) >= 11 is 0. The Morgan fingerprint density at radius 3 is 2.11 bits per heavy atom. The number of halogens is 3. The van der Waals surface area contributed by atoms with Crippen LogP contribution in [-0.4, -0.2) is 7.11 Å². The Labute approximate surface area is 105 Å². The maximum absolute atomic E-state index is 12.6. The molecule has 0 aromatic heterocycles. The van der Waals surface area contributed by atoms with Crippen molar-refractivity contribution in [2.75, 3.05) is 7.11 Å². The largest absolute Gasteiger partial charge is 0.496 e. The normalized spacial score (nSPS) is 14.4. The van der Waals surface area contributed by atoms with Crippen molar-refractivity contribution in [3.63, 3.8) is 0 Å². The number of benzene rings is 1. The molecule has 18 heavy (non-hydrogen) atoms. The fraction of sp³-hybridized carbons (Fsp3) is 0.538. The molecule has 1 rings (SSSR count). The van der Waals surface area contributed by atoms with Crippen LogP contribution in [0, 0.1) is 5.41 Å². The van der Waals surface area contributed by atoms with E-state index >= 15 is 0 Å². The Morgan fingerprint density at radius 1 is 1.17 bits per heavy atom. The molecule has 0 radical (unpaired) electrons. The topological polar surface area (TPSA) is 35.2 Å². The molecule has 0 saturated carbocycles. The quantitative estimate of drug-likeness (QED) is 0.879. The molecule has 0 aliphatic carbocycles. The van der Waals surface area contributed by atoms with Gasteiger partial charge >= 0.3 is 6.18 Å². The Balaban J connectivity index is 3.24. The highest BCUT2D eigenvalue weighted by Crippen LogP contribution is 2.39. The number of nitrogens with two attached hydrogens (primary N) is 1. The predicted molar refractivity (Wildman–Crippen MR) is 64.4 cm³/mol. The predicted octanol–water partition coefficient (Wildman–Crippen LogP) is 3.76. The summed E-state index contributed by atoms with van der Waals surface area (Å²) in [5.41, 5.74) is 5.64. The molecule has 1 atom stereocenters. The highest BCUT2D eigenvalue weighted by molar-refractivity contribution is 5.41. The zero-order valence-corrected chi connectivity index (χ0v) is 10.9. The van der Waals surface area contributed by atoms with Gasteiger partial charge in [-0.1, -0.05) is 26.8 Å². The van der Waals surface area contributed by atoms with Crippen LogP contribution in [0.2, 0.25) is 0 Å². The first kappa shape index (κ1) is 14.8. The van der Waals surface area contributed by atoms with E-state index in [9.17, 15) is 13.2 Å². The van der Waals surface area contributed by atoms with Crippen LogP contribution in [0.4, 0.5) is 13.2 Å². The van der Waals surface area contributed by atoms with Gasteiger partial charge < -0.3 is 10.5 Å². The van der Waals surface area contributed by atoms with E-state index in [1.807, 2.05) is 20.8 Å². The van der Waals surface area contributed by atoms with E-state index in [2.05, 4.69) is 0 Å². The molecule has 102 valence electrons. The lowest BCUT2D eigenvalue weighted by atomic mass is 9.82. The van der Waals surface area contributed by atoms with E-state index < -0.39 is 17.8 Å². The van der Waals surface area contributed by atoms with Crippen molar-refractivity contribution in [3.8, 4) is 5.75 Å². The summed E-state index contributed by atoms with van der Waals surface area (Å²) in [6, 6.07) is 3.01. The number of rotatable bonds is 2. The fourth-order valence-electron chi connectivity index (χ4n) is 1.61. The van der Waals surface area contributed by atoms with Crippen LogP contribution >= 0.6 is 0 Å². The van der Waals surface area contributed by atoms with E-state index in [0.29, 0.717) is 5.56 Å². The molecule has 0 spiro atoms. The molecule has 0 unspecified atom stereocenters. The van der Waals surface area contributed by atoms with Crippen molar-refractivity contribution < 1.29 is 17.9 Å². The number of hydrogen-bond acceptors (Lipinski definition) is 2. The number of ether oxygens (including phenoxy) is 1. The molecule has 0 aliphatic rings. The van der Waals surface area contributed by atoms with E-state index in [1.54, 1.807) is 0 Å². The zero-order valence-electron chi connectivity index (χ0n) is 10.9. The number of hydrogen-bond donors (Lipinski definition) is 1. The second-order valence-electron chi connectivity index (χ2n) is 5.30. The van der Waals surface area contributed by atoms with Crippen LogP contribution in [0.5, 0.6) is 5.75 Å². The van der Waals surface area contributed by atoms with Gasteiger partial charge in [0.05, 0.1) is 12.7 Å². The summed E-state index contributed by atoms with van der Waals surface area (Å²) in [4.78, 5) is 0. The van der Waals surface area contributed by atoms with Crippen molar-refractivity contribution in [2.24, 2.45) is 11.1 Å². The maximum Gasteiger partial charge on any atom is 0.416 e. The van der Waals surface area contributed by atoms with Gasteiger partial charge in [-0.25, -0.2) is 0 Å². The van der Waals surface area contributed by atoms with E-state index in [0.717, 1.165) is 12.1 Å². The van der Waals surface area contributed by atoms with Gasteiger partial charge in [0.1, 0.15) is 5.75 Å². The summed E-state index contributed by atoms with van der Waals surface area (Å²) in [7, 11) is 1.34. The van der Waals surface area contributed by atoms with Gasteiger partial charge in [-0.05, 0) is 17.5 Å².